The molecule has 0 atom stereocenters. The first-order valence-electron chi connectivity index (χ1n) is 7.76. The van der Waals surface area contributed by atoms with E-state index in [1.165, 1.54) is 16.0 Å². The van der Waals surface area contributed by atoms with Crippen molar-refractivity contribution in [3.05, 3.63) is 51.5 Å². The zero-order chi connectivity index (χ0) is 15.4. The van der Waals surface area contributed by atoms with Crippen LogP contribution >= 0.6 is 11.3 Å². The number of nitrogens with one attached hydrogen (secondary N) is 1. The average Bonchev–Trinajstić information content (AvgIpc) is 3.03. The van der Waals surface area contributed by atoms with Gasteiger partial charge in [-0.3, -0.25) is 4.99 Å². The maximum atomic E-state index is 4.46. The van der Waals surface area contributed by atoms with E-state index in [4.69, 9.17) is 0 Å². The fourth-order valence-corrected chi connectivity index (χ4v) is 3.56. The molecule has 2 aromatic rings. The topological polar surface area (TPSA) is 40.5 Å². The lowest BCUT2D eigenvalue weighted by atomic mass is 10.0. The Morgan fingerprint density at radius 2 is 2.18 bits per heavy atom. The summed E-state index contributed by atoms with van der Waals surface area (Å²) in [4.78, 5) is 12.5. The highest BCUT2D eigenvalue weighted by Crippen LogP contribution is 2.19. The van der Waals surface area contributed by atoms with Gasteiger partial charge in [-0.05, 0) is 24.0 Å². The second kappa shape index (κ2) is 6.92. The lowest BCUT2D eigenvalue weighted by Crippen LogP contribution is -2.43. The predicted octanol–water partition coefficient (Wildman–Crippen LogP) is 2.84. The lowest BCUT2D eigenvalue weighted by Gasteiger charge is -2.31. The first-order valence-corrected chi connectivity index (χ1v) is 8.57. The van der Waals surface area contributed by atoms with Gasteiger partial charge < -0.3 is 10.2 Å². The van der Waals surface area contributed by atoms with Crippen LogP contribution in [0.4, 0.5) is 0 Å². The van der Waals surface area contributed by atoms with Crippen LogP contribution in [0, 0.1) is 0 Å². The number of hydrogen-bond donors (Lipinski definition) is 1. The van der Waals surface area contributed by atoms with E-state index < -0.39 is 0 Å². The lowest BCUT2D eigenvalue weighted by molar-refractivity contribution is 0.378. The van der Waals surface area contributed by atoms with Crippen molar-refractivity contribution in [2.24, 2.45) is 4.99 Å². The van der Waals surface area contributed by atoms with Crippen LogP contribution in [0.15, 0.2) is 35.5 Å². The Morgan fingerprint density at radius 1 is 1.36 bits per heavy atom. The van der Waals surface area contributed by atoms with E-state index in [2.05, 4.69) is 51.4 Å². The summed E-state index contributed by atoms with van der Waals surface area (Å²) in [5, 5.41) is 4.57. The van der Waals surface area contributed by atoms with Gasteiger partial charge >= 0.3 is 0 Å². The zero-order valence-electron chi connectivity index (χ0n) is 13.2. The average molecular weight is 314 g/mol. The quantitative estimate of drug-likeness (QED) is 0.699. The van der Waals surface area contributed by atoms with E-state index >= 15 is 0 Å². The van der Waals surface area contributed by atoms with Gasteiger partial charge in [-0.2, -0.15) is 0 Å². The summed E-state index contributed by atoms with van der Waals surface area (Å²) < 4.78 is 0. The highest BCUT2D eigenvalue weighted by molar-refractivity contribution is 7.11. The van der Waals surface area contributed by atoms with Crippen molar-refractivity contribution >= 4 is 17.3 Å². The molecule has 1 aromatic heterocycles. The van der Waals surface area contributed by atoms with Crippen molar-refractivity contribution in [2.45, 2.75) is 32.9 Å². The van der Waals surface area contributed by atoms with Crippen LogP contribution in [0.2, 0.25) is 0 Å². The van der Waals surface area contributed by atoms with Crippen LogP contribution in [-0.4, -0.2) is 29.4 Å². The summed E-state index contributed by atoms with van der Waals surface area (Å²) in [5.74, 6) is 0.961. The molecule has 4 nitrogen and oxygen atoms in total. The Hall–Kier alpha value is -1.88. The molecule has 0 amide bonds. The number of rotatable bonds is 3. The van der Waals surface area contributed by atoms with E-state index in [1.807, 2.05) is 13.2 Å². The molecule has 0 unspecified atom stereocenters. The molecule has 0 spiro atoms. The fourth-order valence-electron chi connectivity index (χ4n) is 2.76. The van der Waals surface area contributed by atoms with Gasteiger partial charge in [-0.1, -0.05) is 31.2 Å². The number of benzene rings is 1. The van der Waals surface area contributed by atoms with Crippen molar-refractivity contribution in [1.29, 1.82) is 0 Å². The monoisotopic (exact) mass is 314 g/mol. The van der Waals surface area contributed by atoms with Crippen LogP contribution in [-0.2, 0) is 25.9 Å². The normalized spacial score (nSPS) is 14.8. The van der Waals surface area contributed by atoms with Crippen molar-refractivity contribution in [1.82, 2.24) is 15.2 Å². The summed E-state index contributed by atoms with van der Waals surface area (Å²) in [6.07, 6.45) is 4.10. The predicted molar refractivity (Wildman–Crippen MR) is 92.2 cm³/mol. The molecular formula is C17H22N4S. The molecule has 1 aliphatic heterocycles. The maximum absolute atomic E-state index is 4.46. The number of aliphatic imine (C=N–C) groups is 1. The number of nitrogens with zero attached hydrogens (tertiary/aromatic N) is 3. The van der Waals surface area contributed by atoms with Crippen molar-refractivity contribution < 1.29 is 0 Å². The second-order valence-electron chi connectivity index (χ2n) is 5.41. The minimum Gasteiger partial charge on any atom is -0.350 e. The van der Waals surface area contributed by atoms with Gasteiger partial charge in [0.15, 0.2) is 5.96 Å². The zero-order valence-corrected chi connectivity index (χ0v) is 14.0. The highest BCUT2D eigenvalue weighted by Gasteiger charge is 2.18. The van der Waals surface area contributed by atoms with Gasteiger partial charge in [0, 0.05) is 31.2 Å². The first-order chi connectivity index (χ1) is 10.8. The van der Waals surface area contributed by atoms with E-state index in [9.17, 15) is 0 Å². The Balaban J connectivity index is 1.63. The van der Waals surface area contributed by atoms with Gasteiger partial charge in [0.1, 0.15) is 5.01 Å². The molecule has 0 fully saturated rings. The summed E-state index contributed by atoms with van der Waals surface area (Å²) in [5.41, 5.74) is 2.86. The molecule has 3 rings (SSSR count). The number of aromatic nitrogens is 1. The molecule has 0 saturated carbocycles. The third kappa shape index (κ3) is 3.30. The van der Waals surface area contributed by atoms with E-state index in [0.29, 0.717) is 0 Å². The van der Waals surface area contributed by atoms with Crippen LogP contribution < -0.4 is 5.32 Å². The van der Waals surface area contributed by atoms with Crippen molar-refractivity contribution in [3.8, 4) is 0 Å². The number of thiazole rings is 1. The van der Waals surface area contributed by atoms with Crippen molar-refractivity contribution in [2.75, 3.05) is 13.6 Å². The van der Waals surface area contributed by atoms with Gasteiger partial charge in [0.05, 0.1) is 6.54 Å². The molecular weight excluding hydrogens is 292 g/mol. The molecule has 116 valence electrons. The summed E-state index contributed by atoms with van der Waals surface area (Å²) in [6, 6.07) is 8.67. The molecule has 0 bridgehead atoms. The van der Waals surface area contributed by atoms with Crippen LogP contribution in [0.3, 0.4) is 0 Å². The third-order valence-corrected chi connectivity index (χ3v) is 5.13. The second-order valence-corrected chi connectivity index (χ2v) is 6.61. The largest absolute Gasteiger partial charge is 0.350 e. The van der Waals surface area contributed by atoms with Crippen LogP contribution in [0.1, 0.15) is 27.9 Å². The molecule has 0 saturated heterocycles. The summed E-state index contributed by atoms with van der Waals surface area (Å²) in [6.45, 7) is 4.84. The van der Waals surface area contributed by atoms with Gasteiger partial charge in [-0.25, -0.2) is 4.98 Å². The standard InChI is InChI=1S/C17H22N4S/c1-3-15-10-19-16(22-15)11-20-17(18-2)21-9-8-13-6-4-5-7-14(13)12-21/h4-7,10H,3,8-9,11-12H2,1-2H3,(H,18,20). The van der Waals surface area contributed by atoms with Gasteiger partial charge in [-0.15, -0.1) is 11.3 Å². The number of fused-ring (bicyclic) bond motifs is 1. The molecule has 0 aliphatic carbocycles. The Bertz CT molecular complexity index is 662. The SMILES string of the molecule is CCc1cnc(CNC(=NC)N2CCc3ccccc3C2)s1. The number of aryl methyl sites for hydroxylation is 1. The highest BCUT2D eigenvalue weighted by atomic mass is 32.1. The summed E-state index contributed by atoms with van der Waals surface area (Å²) >= 11 is 1.77. The molecule has 0 radical (unpaired) electrons. The maximum Gasteiger partial charge on any atom is 0.194 e. The van der Waals surface area contributed by atoms with Gasteiger partial charge in [0.2, 0.25) is 0 Å². The minimum absolute atomic E-state index is 0.746. The van der Waals surface area contributed by atoms with Crippen molar-refractivity contribution in [3.63, 3.8) is 0 Å². The van der Waals surface area contributed by atoms with E-state index in [1.54, 1.807) is 11.3 Å². The molecule has 22 heavy (non-hydrogen) atoms. The molecule has 1 aliphatic rings. The number of hydrogen-bond acceptors (Lipinski definition) is 3. The Labute approximate surface area is 135 Å². The van der Waals surface area contributed by atoms with Crippen LogP contribution in [0.25, 0.3) is 0 Å². The first kappa shape index (κ1) is 15.0. The Morgan fingerprint density at radius 3 is 2.91 bits per heavy atom. The minimum atomic E-state index is 0.746. The van der Waals surface area contributed by atoms with E-state index in [0.717, 1.165) is 43.4 Å². The fraction of sp³-hybridized carbons (Fsp3) is 0.412. The van der Waals surface area contributed by atoms with Gasteiger partial charge in [0.25, 0.3) is 0 Å². The molecule has 5 heteroatoms. The molecule has 1 N–H and O–H groups in total. The van der Waals surface area contributed by atoms with Crippen LogP contribution in [0.5, 0.6) is 0 Å². The Kier molecular flexibility index (Phi) is 4.73. The molecule has 2 heterocycles. The molecule has 1 aromatic carbocycles. The summed E-state index contributed by atoms with van der Waals surface area (Å²) in [7, 11) is 1.85. The smallest absolute Gasteiger partial charge is 0.194 e. The number of guanidine groups is 1. The third-order valence-electron chi connectivity index (χ3n) is 3.99. The van der Waals surface area contributed by atoms with E-state index in [-0.39, 0.29) is 0 Å².